The highest BCUT2D eigenvalue weighted by Crippen LogP contribution is 2.20. The highest BCUT2D eigenvalue weighted by molar-refractivity contribution is 7.98. The molecule has 0 bridgehead atoms. The molecule has 2 atom stereocenters. The summed E-state index contributed by atoms with van der Waals surface area (Å²) in [5.74, 6) is 1.97. The van der Waals surface area contributed by atoms with Gasteiger partial charge in [-0.15, -0.1) is 0 Å². The van der Waals surface area contributed by atoms with E-state index >= 15 is 0 Å². The smallest absolute Gasteiger partial charge is 0.0502 e. The van der Waals surface area contributed by atoms with Crippen molar-refractivity contribution in [3.05, 3.63) is 0 Å². The van der Waals surface area contributed by atoms with Crippen LogP contribution in [-0.2, 0) is 4.74 Å². The number of nitrogens with two attached hydrogens (primary N) is 1. The van der Waals surface area contributed by atoms with Crippen molar-refractivity contribution in [2.45, 2.75) is 31.7 Å². The zero-order chi connectivity index (χ0) is 12.5. The van der Waals surface area contributed by atoms with Gasteiger partial charge in [-0.1, -0.05) is 0 Å². The molecule has 1 heterocycles. The zero-order valence-corrected chi connectivity index (χ0v) is 12.2. The van der Waals surface area contributed by atoms with Gasteiger partial charge in [-0.05, 0) is 50.2 Å². The van der Waals surface area contributed by atoms with Crippen molar-refractivity contribution in [3.8, 4) is 0 Å². The summed E-state index contributed by atoms with van der Waals surface area (Å²) in [5, 5.41) is 0. The van der Waals surface area contributed by atoms with Crippen molar-refractivity contribution in [1.29, 1.82) is 0 Å². The minimum atomic E-state index is 0.585. The lowest BCUT2D eigenvalue weighted by Gasteiger charge is -2.37. The first-order valence-corrected chi connectivity index (χ1v) is 8.13. The van der Waals surface area contributed by atoms with E-state index in [-0.39, 0.29) is 0 Å². The lowest BCUT2D eigenvalue weighted by molar-refractivity contribution is 0.0675. The van der Waals surface area contributed by atoms with Crippen LogP contribution in [0.2, 0.25) is 0 Å². The molecule has 2 N–H and O–H groups in total. The van der Waals surface area contributed by atoms with Gasteiger partial charge in [0.15, 0.2) is 0 Å². The monoisotopic (exact) mass is 260 g/mol. The van der Waals surface area contributed by atoms with E-state index in [2.05, 4.69) is 11.2 Å². The molecule has 1 rings (SSSR count). The average Bonchev–Trinajstić information content (AvgIpc) is 2.35. The van der Waals surface area contributed by atoms with Gasteiger partial charge >= 0.3 is 0 Å². The standard InChI is InChI=1S/C13H28N2OS/c1-16-11-12-5-3-7-15(10-12)13(9-14)6-4-8-17-2/h12-13H,3-11,14H2,1-2H3. The highest BCUT2D eigenvalue weighted by Gasteiger charge is 2.24. The SMILES string of the molecule is COCC1CCCN(C(CN)CCCSC)C1. The number of likely N-dealkylation sites (tertiary alicyclic amines) is 1. The van der Waals surface area contributed by atoms with Gasteiger partial charge < -0.3 is 10.5 Å². The fourth-order valence-electron chi connectivity index (χ4n) is 2.71. The fourth-order valence-corrected chi connectivity index (χ4v) is 3.17. The Balaban J connectivity index is 2.33. The summed E-state index contributed by atoms with van der Waals surface area (Å²) >= 11 is 1.93. The van der Waals surface area contributed by atoms with Gasteiger partial charge in [0, 0.05) is 26.2 Å². The van der Waals surface area contributed by atoms with E-state index in [4.69, 9.17) is 10.5 Å². The molecule has 0 aromatic carbocycles. The van der Waals surface area contributed by atoms with E-state index in [0.717, 1.165) is 13.2 Å². The number of nitrogens with zero attached hydrogens (tertiary/aromatic N) is 1. The molecule has 0 radical (unpaired) electrons. The van der Waals surface area contributed by atoms with Crippen molar-refractivity contribution in [2.24, 2.45) is 11.7 Å². The molecule has 3 nitrogen and oxygen atoms in total. The summed E-state index contributed by atoms with van der Waals surface area (Å²) in [4.78, 5) is 2.59. The third-order valence-electron chi connectivity index (χ3n) is 3.63. The molecule has 1 fully saturated rings. The number of hydrogen-bond acceptors (Lipinski definition) is 4. The number of methoxy groups -OCH3 is 1. The predicted molar refractivity (Wildman–Crippen MR) is 76.6 cm³/mol. The molecule has 0 spiro atoms. The first-order valence-electron chi connectivity index (χ1n) is 6.73. The number of piperidine rings is 1. The summed E-state index contributed by atoms with van der Waals surface area (Å²) in [6, 6.07) is 0.585. The van der Waals surface area contributed by atoms with Crippen LogP contribution in [0.15, 0.2) is 0 Å². The maximum atomic E-state index is 5.93. The Hall–Kier alpha value is 0.230. The lowest BCUT2D eigenvalue weighted by Crippen LogP contribution is -2.47. The number of ether oxygens (including phenoxy) is 1. The highest BCUT2D eigenvalue weighted by atomic mass is 32.2. The van der Waals surface area contributed by atoms with Crippen LogP contribution in [0.1, 0.15) is 25.7 Å². The fraction of sp³-hybridized carbons (Fsp3) is 1.00. The Morgan fingerprint density at radius 3 is 3.00 bits per heavy atom. The summed E-state index contributed by atoms with van der Waals surface area (Å²) in [5.41, 5.74) is 5.93. The molecule has 1 saturated heterocycles. The van der Waals surface area contributed by atoms with Gasteiger partial charge in [0.25, 0.3) is 0 Å². The molecule has 0 amide bonds. The first-order chi connectivity index (χ1) is 8.31. The van der Waals surface area contributed by atoms with Crippen LogP contribution in [-0.4, -0.2) is 56.3 Å². The Bertz CT molecular complexity index is 190. The van der Waals surface area contributed by atoms with Crippen molar-refractivity contribution >= 4 is 11.8 Å². The minimum Gasteiger partial charge on any atom is -0.384 e. The van der Waals surface area contributed by atoms with Crippen LogP contribution in [0, 0.1) is 5.92 Å². The summed E-state index contributed by atoms with van der Waals surface area (Å²) < 4.78 is 5.28. The van der Waals surface area contributed by atoms with E-state index in [1.54, 1.807) is 7.11 Å². The Morgan fingerprint density at radius 2 is 2.35 bits per heavy atom. The molecule has 1 aliphatic rings. The molecule has 1 aliphatic heterocycles. The van der Waals surface area contributed by atoms with Crippen molar-refractivity contribution in [1.82, 2.24) is 4.90 Å². The summed E-state index contributed by atoms with van der Waals surface area (Å²) in [6.45, 7) is 4.10. The Labute approximate surface area is 110 Å². The number of thioether (sulfide) groups is 1. The van der Waals surface area contributed by atoms with Gasteiger partial charge in [0.2, 0.25) is 0 Å². The summed E-state index contributed by atoms with van der Waals surface area (Å²) in [6.07, 6.45) is 7.32. The molecule has 2 unspecified atom stereocenters. The molecule has 102 valence electrons. The normalized spacial score (nSPS) is 23.8. The van der Waals surface area contributed by atoms with Gasteiger partial charge in [0.05, 0.1) is 6.61 Å². The molecule has 0 saturated carbocycles. The maximum Gasteiger partial charge on any atom is 0.0502 e. The van der Waals surface area contributed by atoms with Crippen LogP contribution in [0.4, 0.5) is 0 Å². The van der Waals surface area contributed by atoms with Gasteiger partial charge in [0.1, 0.15) is 0 Å². The second kappa shape index (κ2) is 9.20. The molecular formula is C13H28N2OS. The van der Waals surface area contributed by atoms with Crippen molar-refractivity contribution < 1.29 is 4.74 Å². The predicted octanol–water partition coefficient (Wildman–Crippen LogP) is 1.82. The van der Waals surface area contributed by atoms with Gasteiger partial charge in [-0.25, -0.2) is 0 Å². The van der Waals surface area contributed by atoms with E-state index in [1.807, 2.05) is 11.8 Å². The Morgan fingerprint density at radius 1 is 1.53 bits per heavy atom. The van der Waals surface area contributed by atoms with Crippen LogP contribution >= 0.6 is 11.8 Å². The minimum absolute atomic E-state index is 0.585. The third-order valence-corrected chi connectivity index (χ3v) is 4.32. The van der Waals surface area contributed by atoms with Crippen molar-refractivity contribution in [2.75, 3.05) is 45.4 Å². The third kappa shape index (κ3) is 5.60. The van der Waals surface area contributed by atoms with Crippen LogP contribution in [0.25, 0.3) is 0 Å². The summed E-state index contributed by atoms with van der Waals surface area (Å²) in [7, 11) is 1.80. The second-order valence-corrected chi connectivity index (χ2v) is 5.97. The quantitative estimate of drug-likeness (QED) is 0.676. The van der Waals surface area contributed by atoms with E-state index in [0.29, 0.717) is 12.0 Å². The molecule has 4 heteroatoms. The lowest BCUT2D eigenvalue weighted by atomic mass is 9.96. The number of hydrogen-bond donors (Lipinski definition) is 1. The second-order valence-electron chi connectivity index (χ2n) is 4.98. The topological polar surface area (TPSA) is 38.5 Å². The largest absolute Gasteiger partial charge is 0.384 e. The zero-order valence-electron chi connectivity index (χ0n) is 11.4. The molecule has 17 heavy (non-hydrogen) atoms. The van der Waals surface area contributed by atoms with Gasteiger partial charge in [-0.3, -0.25) is 4.90 Å². The average molecular weight is 260 g/mol. The van der Waals surface area contributed by atoms with E-state index < -0.39 is 0 Å². The number of rotatable bonds is 8. The van der Waals surface area contributed by atoms with Crippen LogP contribution in [0.5, 0.6) is 0 Å². The molecular weight excluding hydrogens is 232 g/mol. The maximum absolute atomic E-state index is 5.93. The molecule has 0 aliphatic carbocycles. The van der Waals surface area contributed by atoms with Gasteiger partial charge in [-0.2, -0.15) is 11.8 Å². The van der Waals surface area contributed by atoms with E-state index in [9.17, 15) is 0 Å². The van der Waals surface area contributed by atoms with Crippen LogP contribution < -0.4 is 5.73 Å². The Kier molecular flexibility index (Phi) is 8.27. The van der Waals surface area contributed by atoms with E-state index in [1.165, 1.54) is 44.5 Å². The first kappa shape index (κ1) is 15.3. The van der Waals surface area contributed by atoms with Crippen LogP contribution in [0.3, 0.4) is 0 Å². The van der Waals surface area contributed by atoms with Crippen molar-refractivity contribution in [3.63, 3.8) is 0 Å². The molecule has 0 aromatic rings. The molecule has 0 aromatic heterocycles.